The highest BCUT2D eigenvalue weighted by Crippen LogP contribution is 2.30. The van der Waals surface area contributed by atoms with Gasteiger partial charge in [0.2, 0.25) is 5.91 Å². The highest BCUT2D eigenvalue weighted by atomic mass is 16.5. The standard InChI is InChI=1S/C38H49N3O2/c1-6-29-11-16-36(39-25-29)31-9-7-8-28(3)37(17-14-31)43-35-15-13-33-23-30(22-27(2)10-12-34(33)24-35)26-41-20-18-32(19-21-41)38(42)40(4)5/h9,11,13-17,22-24,29,32H,6-8,10,12,18-21,25-26H2,1-5H3/b17-14?,27-22?,30-23?,31-9+,37-28?. The van der Waals surface area contributed by atoms with Gasteiger partial charge in [-0.3, -0.25) is 14.7 Å². The smallest absolute Gasteiger partial charge is 0.225 e. The molecule has 2 aliphatic heterocycles. The summed E-state index contributed by atoms with van der Waals surface area (Å²) in [6.07, 6.45) is 22.8. The number of likely N-dealkylation sites (tertiary alicyclic amines) is 1. The Bertz CT molecular complexity index is 1410. The maximum Gasteiger partial charge on any atom is 0.225 e. The van der Waals surface area contributed by atoms with E-state index in [-0.39, 0.29) is 11.8 Å². The van der Waals surface area contributed by atoms with Crippen molar-refractivity contribution in [3.8, 4) is 5.75 Å². The SMILES string of the molecule is CCC1C=CC(/C2=C/CCC(C)=C(Oc3ccc4c(c3)CCC(C)=CC(CN3CCC(C(=O)N(C)C)CC3)=C4)C=C2)=NC1. The molecule has 1 unspecified atom stereocenters. The summed E-state index contributed by atoms with van der Waals surface area (Å²) >= 11 is 0. The number of aryl methyl sites for hydroxylation is 1. The predicted molar refractivity (Wildman–Crippen MR) is 179 cm³/mol. The number of allylic oxidation sites excluding steroid dienone is 7. The molecular formula is C38H49N3O2. The van der Waals surface area contributed by atoms with E-state index in [1.807, 2.05) is 14.1 Å². The first-order valence-corrected chi connectivity index (χ1v) is 16.2. The number of aliphatic imine (C=N–C) groups is 1. The second-order valence-corrected chi connectivity index (χ2v) is 12.9. The number of hydrogen-bond acceptors (Lipinski definition) is 4. The molecule has 5 heteroatoms. The predicted octanol–water partition coefficient (Wildman–Crippen LogP) is 7.73. The van der Waals surface area contributed by atoms with Gasteiger partial charge < -0.3 is 9.64 Å². The van der Waals surface area contributed by atoms with Gasteiger partial charge in [0.05, 0.1) is 5.71 Å². The molecule has 4 aliphatic rings. The first kappa shape index (κ1) is 31.0. The molecule has 1 atom stereocenters. The van der Waals surface area contributed by atoms with Crippen LogP contribution in [0.5, 0.6) is 5.75 Å². The van der Waals surface area contributed by atoms with Crippen LogP contribution in [-0.2, 0) is 11.2 Å². The third kappa shape index (κ3) is 8.14. The molecule has 2 aliphatic carbocycles. The van der Waals surface area contributed by atoms with Crippen LogP contribution in [0, 0.1) is 11.8 Å². The lowest BCUT2D eigenvalue weighted by Crippen LogP contribution is -2.40. The average molecular weight is 580 g/mol. The second-order valence-electron chi connectivity index (χ2n) is 12.9. The first-order valence-electron chi connectivity index (χ1n) is 16.2. The van der Waals surface area contributed by atoms with Gasteiger partial charge in [-0.2, -0.15) is 0 Å². The van der Waals surface area contributed by atoms with Crippen LogP contribution in [0.1, 0.15) is 70.4 Å². The minimum Gasteiger partial charge on any atom is -0.457 e. The lowest BCUT2D eigenvalue weighted by molar-refractivity contribution is -0.134. The molecule has 43 heavy (non-hydrogen) atoms. The van der Waals surface area contributed by atoms with Gasteiger partial charge in [-0.1, -0.05) is 42.9 Å². The third-order valence-corrected chi connectivity index (χ3v) is 9.25. The van der Waals surface area contributed by atoms with E-state index in [0.29, 0.717) is 5.92 Å². The van der Waals surface area contributed by atoms with Crippen molar-refractivity contribution < 1.29 is 9.53 Å². The Balaban J connectivity index is 1.28. The van der Waals surface area contributed by atoms with E-state index in [0.717, 1.165) is 88.3 Å². The van der Waals surface area contributed by atoms with Gasteiger partial charge in [-0.15, -0.1) is 0 Å². The van der Waals surface area contributed by atoms with Crippen molar-refractivity contribution in [2.45, 2.75) is 65.7 Å². The molecule has 1 amide bonds. The van der Waals surface area contributed by atoms with Crippen molar-refractivity contribution in [1.82, 2.24) is 9.80 Å². The van der Waals surface area contributed by atoms with Crippen LogP contribution in [0.15, 0.2) is 87.7 Å². The fourth-order valence-electron chi connectivity index (χ4n) is 6.41. The summed E-state index contributed by atoms with van der Waals surface area (Å²) in [5.41, 5.74) is 8.90. The molecule has 0 saturated carbocycles. The number of carbonyl (C=O) groups is 1. The van der Waals surface area contributed by atoms with Gasteiger partial charge in [0.25, 0.3) is 0 Å². The van der Waals surface area contributed by atoms with Gasteiger partial charge >= 0.3 is 0 Å². The highest BCUT2D eigenvalue weighted by Gasteiger charge is 2.26. The summed E-state index contributed by atoms with van der Waals surface area (Å²) in [6, 6.07) is 6.58. The molecule has 5 nitrogen and oxygen atoms in total. The Kier molecular flexibility index (Phi) is 10.3. The number of nitrogens with zero attached hydrogens (tertiary/aromatic N) is 3. The normalized spacial score (nSPS) is 23.0. The number of fused-ring (bicyclic) bond motifs is 1. The van der Waals surface area contributed by atoms with Crippen LogP contribution in [-0.4, -0.2) is 61.7 Å². The molecule has 0 N–H and O–H groups in total. The van der Waals surface area contributed by atoms with Crippen LogP contribution in [0.3, 0.4) is 0 Å². The molecule has 228 valence electrons. The molecule has 0 bridgehead atoms. The Morgan fingerprint density at radius 3 is 2.58 bits per heavy atom. The maximum absolute atomic E-state index is 12.4. The highest BCUT2D eigenvalue weighted by molar-refractivity contribution is 6.10. The number of amides is 1. The van der Waals surface area contributed by atoms with E-state index < -0.39 is 0 Å². The summed E-state index contributed by atoms with van der Waals surface area (Å²) in [5.74, 6) is 2.82. The number of ether oxygens (including phenoxy) is 1. The summed E-state index contributed by atoms with van der Waals surface area (Å²) in [6.45, 7) is 10.4. The van der Waals surface area contributed by atoms with Crippen LogP contribution in [0.4, 0.5) is 0 Å². The second kappa shape index (κ2) is 14.4. The molecule has 1 fully saturated rings. The van der Waals surface area contributed by atoms with Crippen molar-refractivity contribution in [3.63, 3.8) is 0 Å². The van der Waals surface area contributed by atoms with Gasteiger partial charge in [-0.25, -0.2) is 0 Å². The van der Waals surface area contributed by atoms with Crippen molar-refractivity contribution in [2.24, 2.45) is 16.8 Å². The summed E-state index contributed by atoms with van der Waals surface area (Å²) in [5, 5.41) is 0. The third-order valence-electron chi connectivity index (χ3n) is 9.25. The fraction of sp³-hybridized carbons (Fsp3) is 0.474. The van der Waals surface area contributed by atoms with Crippen LogP contribution >= 0.6 is 0 Å². The summed E-state index contributed by atoms with van der Waals surface area (Å²) in [7, 11) is 3.73. The molecule has 5 rings (SSSR count). The van der Waals surface area contributed by atoms with Crippen molar-refractivity contribution in [2.75, 3.05) is 40.3 Å². The minimum atomic E-state index is 0.162. The van der Waals surface area contributed by atoms with Crippen molar-refractivity contribution in [1.29, 1.82) is 0 Å². The first-order chi connectivity index (χ1) is 20.8. The van der Waals surface area contributed by atoms with Gasteiger partial charge in [0, 0.05) is 33.1 Å². The Morgan fingerprint density at radius 1 is 1.05 bits per heavy atom. The zero-order chi connectivity index (χ0) is 30.3. The van der Waals surface area contributed by atoms with Crippen LogP contribution in [0.2, 0.25) is 0 Å². The van der Waals surface area contributed by atoms with E-state index in [1.165, 1.54) is 33.4 Å². The number of carbonyl (C=O) groups excluding carboxylic acids is 1. The molecule has 2 heterocycles. The largest absolute Gasteiger partial charge is 0.457 e. The Labute approximate surface area is 259 Å². The number of rotatable bonds is 7. The van der Waals surface area contributed by atoms with Gasteiger partial charge in [-0.05, 0) is 136 Å². The van der Waals surface area contributed by atoms with E-state index in [1.54, 1.807) is 4.90 Å². The van der Waals surface area contributed by atoms with Crippen LogP contribution < -0.4 is 4.74 Å². The van der Waals surface area contributed by atoms with Crippen molar-refractivity contribution in [3.05, 3.63) is 93.8 Å². The van der Waals surface area contributed by atoms with E-state index in [9.17, 15) is 4.79 Å². The molecular weight excluding hydrogens is 530 g/mol. The number of hydrogen-bond donors (Lipinski definition) is 0. The molecule has 0 radical (unpaired) electrons. The van der Waals surface area contributed by atoms with E-state index in [4.69, 9.17) is 9.73 Å². The number of benzene rings is 1. The Morgan fingerprint density at radius 2 is 1.86 bits per heavy atom. The zero-order valence-electron chi connectivity index (χ0n) is 26.9. The van der Waals surface area contributed by atoms with Gasteiger partial charge in [0.1, 0.15) is 11.5 Å². The number of dihydropyridines is 1. The zero-order valence-corrected chi connectivity index (χ0v) is 26.9. The number of piperidine rings is 1. The topological polar surface area (TPSA) is 45.1 Å². The quantitative estimate of drug-likeness (QED) is 0.332. The monoisotopic (exact) mass is 579 g/mol. The maximum atomic E-state index is 12.4. The van der Waals surface area contributed by atoms with Crippen LogP contribution in [0.25, 0.3) is 6.08 Å². The molecule has 1 saturated heterocycles. The Hall–Kier alpha value is -3.44. The lowest BCUT2D eigenvalue weighted by atomic mass is 9.92. The summed E-state index contributed by atoms with van der Waals surface area (Å²) in [4.78, 5) is 21.5. The van der Waals surface area contributed by atoms with E-state index >= 15 is 0 Å². The van der Waals surface area contributed by atoms with Gasteiger partial charge in [0.15, 0.2) is 0 Å². The molecule has 0 aromatic heterocycles. The minimum absolute atomic E-state index is 0.162. The molecule has 1 aromatic carbocycles. The van der Waals surface area contributed by atoms with Crippen molar-refractivity contribution >= 4 is 17.7 Å². The summed E-state index contributed by atoms with van der Waals surface area (Å²) < 4.78 is 6.57. The fourth-order valence-corrected chi connectivity index (χ4v) is 6.41. The molecule has 1 aromatic rings. The average Bonchev–Trinajstić information content (AvgIpc) is 3.00. The molecule has 0 spiro atoms. The van der Waals surface area contributed by atoms with E-state index in [2.05, 4.69) is 86.4 Å². The lowest BCUT2D eigenvalue weighted by Gasteiger charge is -2.33.